The molecule has 110 valence electrons. The lowest BCUT2D eigenvalue weighted by Gasteiger charge is -1.99. The summed E-state index contributed by atoms with van der Waals surface area (Å²) in [5, 5.41) is 0. The second kappa shape index (κ2) is 5.89. The lowest BCUT2D eigenvalue weighted by atomic mass is 10.1. The lowest BCUT2D eigenvalue weighted by Crippen LogP contribution is -1.91. The Bertz CT molecular complexity index is 813. The first-order valence-corrected chi connectivity index (χ1v) is 6.61. The summed E-state index contributed by atoms with van der Waals surface area (Å²) >= 11 is 0. The van der Waals surface area contributed by atoms with Crippen molar-refractivity contribution in [3.63, 3.8) is 0 Å². The van der Waals surface area contributed by atoms with Crippen molar-refractivity contribution in [2.24, 2.45) is 0 Å². The molecule has 0 fully saturated rings. The molecular formula is C17H11F2NO2. The van der Waals surface area contributed by atoms with Crippen LogP contribution in [0.2, 0.25) is 0 Å². The Morgan fingerprint density at radius 3 is 2.59 bits per heavy atom. The summed E-state index contributed by atoms with van der Waals surface area (Å²) in [6, 6.07) is 12.3. The fourth-order valence-corrected chi connectivity index (χ4v) is 2.14. The average molecular weight is 299 g/mol. The molecule has 0 N–H and O–H groups in total. The van der Waals surface area contributed by atoms with Gasteiger partial charge in [-0.3, -0.25) is 4.79 Å². The molecule has 0 aliphatic carbocycles. The van der Waals surface area contributed by atoms with Crippen LogP contribution in [0, 0.1) is 11.6 Å². The van der Waals surface area contributed by atoms with Crippen LogP contribution in [-0.2, 0) is 6.42 Å². The minimum atomic E-state index is -0.661. The van der Waals surface area contributed by atoms with Gasteiger partial charge in [0, 0.05) is 6.42 Å². The van der Waals surface area contributed by atoms with Crippen LogP contribution in [0.1, 0.15) is 21.8 Å². The molecule has 1 aromatic heterocycles. The fourth-order valence-electron chi connectivity index (χ4n) is 2.14. The van der Waals surface area contributed by atoms with Gasteiger partial charge in [-0.25, -0.2) is 13.8 Å². The second-order valence-electron chi connectivity index (χ2n) is 4.73. The van der Waals surface area contributed by atoms with Gasteiger partial charge in [-0.1, -0.05) is 30.3 Å². The maximum atomic E-state index is 13.8. The van der Waals surface area contributed by atoms with Crippen molar-refractivity contribution in [1.82, 2.24) is 4.98 Å². The van der Waals surface area contributed by atoms with Crippen molar-refractivity contribution in [2.75, 3.05) is 0 Å². The first-order valence-electron chi connectivity index (χ1n) is 6.61. The third-order valence-corrected chi connectivity index (χ3v) is 3.21. The van der Waals surface area contributed by atoms with E-state index in [1.165, 1.54) is 0 Å². The largest absolute Gasteiger partial charge is 0.440 e. The zero-order chi connectivity index (χ0) is 15.5. The Morgan fingerprint density at radius 1 is 1.09 bits per heavy atom. The van der Waals surface area contributed by atoms with Crippen LogP contribution >= 0.6 is 0 Å². The van der Waals surface area contributed by atoms with Crippen LogP contribution in [0.3, 0.4) is 0 Å². The van der Waals surface area contributed by atoms with Gasteiger partial charge in [0.1, 0.15) is 23.1 Å². The zero-order valence-electron chi connectivity index (χ0n) is 11.4. The molecule has 0 aliphatic heterocycles. The van der Waals surface area contributed by atoms with E-state index in [1.54, 1.807) is 0 Å². The molecule has 3 nitrogen and oxygen atoms in total. The van der Waals surface area contributed by atoms with E-state index in [2.05, 4.69) is 4.98 Å². The van der Waals surface area contributed by atoms with E-state index >= 15 is 0 Å². The summed E-state index contributed by atoms with van der Waals surface area (Å²) in [6.07, 6.45) is 0.890. The van der Waals surface area contributed by atoms with Crippen molar-refractivity contribution in [1.29, 1.82) is 0 Å². The molecule has 0 saturated heterocycles. The van der Waals surface area contributed by atoms with E-state index in [0.29, 0.717) is 18.5 Å². The first-order chi connectivity index (χ1) is 10.7. The van der Waals surface area contributed by atoms with Crippen LogP contribution < -0.4 is 0 Å². The number of carbonyl (C=O) groups excluding carboxylic acids is 1. The molecule has 0 atom stereocenters. The Labute approximate surface area is 125 Å². The number of rotatable bonds is 4. The van der Waals surface area contributed by atoms with E-state index in [4.69, 9.17) is 4.42 Å². The summed E-state index contributed by atoms with van der Waals surface area (Å²) in [4.78, 5) is 15.1. The number of aldehydes is 1. The van der Waals surface area contributed by atoms with Crippen LogP contribution in [-0.4, -0.2) is 11.3 Å². The van der Waals surface area contributed by atoms with Crippen LogP contribution in [0.25, 0.3) is 11.5 Å². The number of carbonyl (C=O) groups is 1. The standard InChI is InChI=1S/C17H11F2NO2/c18-12-6-7-14(19)13(9-12)17-20-15(10-21)16(22-17)8-11-4-2-1-3-5-11/h1-7,9-10H,8H2. The highest BCUT2D eigenvalue weighted by molar-refractivity contribution is 5.75. The number of hydrogen-bond acceptors (Lipinski definition) is 3. The smallest absolute Gasteiger partial charge is 0.230 e. The van der Waals surface area contributed by atoms with Gasteiger partial charge >= 0.3 is 0 Å². The number of benzene rings is 2. The van der Waals surface area contributed by atoms with Crippen LogP contribution in [0.5, 0.6) is 0 Å². The SMILES string of the molecule is O=Cc1nc(-c2cc(F)ccc2F)oc1Cc1ccccc1. The summed E-state index contributed by atoms with van der Waals surface area (Å²) in [5.74, 6) is -1.05. The summed E-state index contributed by atoms with van der Waals surface area (Å²) in [7, 11) is 0. The molecule has 0 aliphatic rings. The van der Waals surface area contributed by atoms with Gasteiger partial charge < -0.3 is 4.42 Å². The topological polar surface area (TPSA) is 43.1 Å². The zero-order valence-corrected chi connectivity index (χ0v) is 11.4. The molecule has 0 saturated carbocycles. The fraction of sp³-hybridized carbons (Fsp3) is 0.0588. The Hall–Kier alpha value is -2.82. The minimum absolute atomic E-state index is 0.0857. The summed E-state index contributed by atoms with van der Waals surface area (Å²) in [6.45, 7) is 0. The van der Waals surface area contributed by atoms with Gasteiger partial charge in [0.05, 0.1) is 5.56 Å². The Morgan fingerprint density at radius 2 is 1.86 bits per heavy atom. The molecule has 0 radical (unpaired) electrons. The molecule has 22 heavy (non-hydrogen) atoms. The maximum Gasteiger partial charge on any atom is 0.230 e. The molecule has 0 spiro atoms. The third-order valence-electron chi connectivity index (χ3n) is 3.21. The number of nitrogens with zero attached hydrogens (tertiary/aromatic N) is 1. The van der Waals surface area contributed by atoms with Gasteiger partial charge in [-0.2, -0.15) is 0 Å². The van der Waals surface area contributed by atoms with E-state index in [0.717, 1.165) is 23.8 Å². The highest BCUT2D eigenvalue weighted by Crippen LogP contribution is 2.26. The van der Waals surface area contributed by atoms with E-state index in [-0.39, 0.29) is 17.1 Å². The van der Waals surface area contributed by atoms with Gasteiger partial charge in [-0.15, -0.1) is 0 Å². The molecule has 0 unspecified atom stereocenters. The van der Waals surface area contributed by atoms with Crippen LogP contribution in [0.4, 0.5) is 8.78 Å². The minimum Gasteiger partial charge on any atom is -0.440 e. The number of oxazole rings is 1. The predicted octanol–water partition coefficient (Wildman–Crippen LogP) is 4.02. The van der Waals surface area contributed by atoms with Crippen molar-refractivity contribution in [2.45, 2.75) is 6.42 Å². The molecule has 3 rings (SSSR count). The Kier molecular flexibility index (Phi) is 3.78. The van der Waals surface area contributed by atoms with E-state index in [1.807, 2.05) is 30.3 Å². The first kappa shape index (κ1) is 14.1. The summed E-state index contributed by atoms with van der Waals surface area (Å²) < 4.78 is 32.5. The maximum absolute atomic E-state index is 13.8. The van der Waals surface area contributed by atoms with Gasteiger partial charge in [-0.05, 0) is 23.8 Å². The number of aromatic nitrogens is 1. The van der Waals surface area contributed by atoms with E-state index < -0.39 is 11.6 Å². The van der Waals surface area contributed by atoms with Crippen molar-refractivity contribution in [3.8, 4) is 11.5 Å². The highest BCUT2D eigenvalue weighted by Gasteiger charge is 2.17. The van der Waals surface area contributed by atoms with Crippen molar-refractivity contribution in [3.05, 3.63) is 77.2 Å². The molecule has 3 aromatic rings. The highest BCUT2D eigenvalue weighted by atomic mass is 19.1. The number of halogens is 2. The number of hydrogen-bond donors (Lipinski definition) is 0. The molecule has 5 heteroatoms. The molecule has 0 bridgehead atoms. The summed E-state index contributed by atoms with van der Waals surface area (Å²) in [5.41, 5.74) is 0.901. The van der Waals surface area contributed by atoms with E-state index in [9.17, 15) is 13.6 Å². The van der Waals surface area contributed by atoms with Crippen molar-refractivity contribution >= 4 is 6.29 Å². The van der Waals surface area contributed by atoms with Gasteiger partial charge in [0.15, 0.2) is 6.29 Å². The van der Waals surface area contributed by atoms with Gasteiger partial charge in [0.2, 0.25) is 5.89 Å². The predicted molar refractivity (Wildman–Crippen MR) is 76.5 cm³/mol. The molecule has 2 aromatic carbocycles. The second-order valence-corrected chi connectivity index (χ2v) is 4.73. The van der Waals surface area contributed by atoms with Crippen molar-refractivity contribution < 1.29 is 18.0 Å². The molecule has 0 amide bonds. The monoisotopic (exact) mass is 299 g/mol. The van der Waals surface area contributed by atoms with Crippen LogP contribution in [0.15, 0.2) is 52.9 Å². The Balaban J connectivity index is 2.01. The lowest BCUT2D eigenvalue weighted by molar-refractivity contribution is 0.111. The average Bonchev–Trinajstić information content (AvgIpc) is 2.93. The van der Waals surface area contributed by atoms with Gasteiger partial charge in [0.25, 0.3) is 0 Å². The molecule has 1 heterocycles. The quantitative estimate of drug-likeness (QED) is 0.683. The molecular weight excluding hydrogens is 288 g/mol. The third kappa shape index (κ3) is 2.79. The normalized spacial score (nSPS) is 10.6.